The molecule has 0 spiro atoms. The molecule has 134 valence electrons. The van der Waals surface area contributed by atoms with E-state index in [1.54, 1.807) is 6.92 Å². The van der Waals surface area contributed by atoms with E-state index in [0.29, 0.717) is 18.7 Å². The maximum absolute atomic E-state index is 12.3. The Morgan fingerprint density at radius 1 is 1.40 bits per heavy atom. The van der Waals surface area contributed by atoms with E-state index < -0.39 is 21.9 Å². The molecular formula is C15H18N4O6. The molecule has 2 N–H and O–H groups in total. The molecule has 1 saturated heterocycles. The molecule has 1 aromatic rings. The Labute approximate surface area is 143 Å². The number of hydrogen-bond acceptors (Lipinski definition) is 8. The number of nitro groups is 2. The third-order valence-corrected chi connectivity index (χ3v) is 3.61. The summed E-state index contributed by atoms with van der Waals surface area (Å²) in [5.41, 5.74) is 0.0514. The Morgan fingerprint density at radius 3 is 2.72 bits per heavy atom. The molecule has 1 aliphatic heterocycles. The number of anilines is 1. The van der Waals surface area contributed by atoms with Crippen molar-refractivity contribution in [3.63, 3.8) is 0 Å². The number of nitrogens with one attached hydrogen (secondary N) is 2. The van der Waals surface area contributed by atoms with Gasteiger partial charge in [0, 0.05) is 24.4 Å². The van der Waals surface area contributed by atoms with Crippen LogP contribution in [-0.2, 0) is 9.53 Å². The Bertz CT molecular complexity index is 710. The minimum Gasteiger partial charge on any atom is -0.464 e. The van der Waals surface area contributed by atoms with Gasteiger partial charge in [0.05, 0.1) is 22.2 Å². The van der Waals surface area contributed by atoms with Crippen molar-refractivity contribution in [1.29, 1.82) is 0 Å². The van der Waals surface area contributed by atoms with Crippen LogP contribution in [0.3, 0.4) is 0 Å². The first-order valence-electron chi connectivity index (χ1n) is 7.73. The second kappa shape index (κ2) is 8.08. The molecule has 0 amide bonds. The molecule has 1 fully saturated rings. The fourth-order valence-corrected chi connectivity index (χ4v) is 2.54. The lowest BCUT2D eigenvalue weighted by atomic mass is 10.1. The van der Waals surface area contributed by atoms with Gasteiger partial charge in [-0.25, -0.2) is 4.79 Å². The average Bonchev–Trinajstić information content (AvgIpc) is 3.08. The lowest BCUT2D eigenvalue weighted by Gasteiger charge is -2.17. The molecule has 10 nitrogen and oxygen atoms in total. The molecule has 25 heavy (non-hydrogen) atoms. The van der Waals surface area contributed by atoms with Crippen LogP contribution < -0.4 is 10.6 Å². The zero-order valence-electron chi connectivity index (χ0n) is 13.6. The predicted octanol–water partition coefficient (Wildman–Crippen LogP) is 1.81. The van der Waals surface area contributed by atoms with Gasteiger partial charge in [0.25, 0.3) is 11.4 Å². The topological polar surface area (TPSA) is 137 Å². The quantitative estimate of drug-likeness (QED) is 0.431. The molecule has 1 aliphatic rings. The zero-order chi connectivity index (χ0) is 18.4. The van der Waals surface area contributed by atoms with Gasteiger partial charge in [-0.05, 0) is 25.8 Å². The van der Waals surface area contributed by atoms with Crippen LogP contribution in [0, 0.1) is 20.2 Å². The minimum absolute atomic E-state index is 0.0553. The lowest BCUT2D eigenvalue weighted by Crippen LogP contribution is -2.38. The highest BCUT2D eigenvalue weighted by Gasteiger charge is 2.37. The molecule has 0 radical (unpaired) electrons. The molecule has 10 heteroatoms. The number of non-ortho nitro benzene ring substituents is 1. The van der Waals surface area contributed by atoms with E-state index in [2.05, 4.69) is 10.6 Å². The summed E-state index contributed by atoms with van der Waals surface area (Å²) in [6.07, 6.45) is 1.17. The van der Waals surface area contributed by atoms with Crippen LogP contribution in [0.15, 0.2) is 35.7 Å². The highest BCUT2D eigenvalue weighted by atomic mass is 16.6. The normalized spacial score (nSPS) is 16.5. The average molecular weight is 350 g/mol. The summed E-state index contributed by atoms with van der Waals surface area (Å²) in [6, 6.07) is 4.03. The first kappa shape index (κ1) is 18.2. The monoisotopic (exact) mass is 350 g/mol. The number of nitro benzene ring substituents is 1. The fraction of sp³-hybridized carbons (Fsp3) is 0.400. The number of ether oxygens (including phenoxy) is 1. The van der Waals surface area contributed by atoms with Gasteiger partial charge in [-0.2, -0.15) is 0 Å². The van der Waals surface area contributed by atoms with Gasteiger partial charge in [-0.15, -0.1) is 0 Å². The van der Waals surface area contributed by atoms with Gasteiger partial charge >= 0.3 is 5.97 Å². The molecule has 0 saturated carbocycles. The highest BCUT2D eigenvalue weighted by Crippen LogP contribution is 2.23. The highest BCUT2D eigenvalue weighted by molar-refractivity contribution is 5.83. The number of esters is 1. The van der Waals surface area contributed by atoms with Crippen LogP contribution in [0.1, 0.15) is 19.8 Å². The van der Waals surface area contributed by atoms with Crippen LogP contribution >= 0.6 is 0 Å². The summed E-state index contributed by atoms with van der Waals surface area (Å²) in [6.45, 7) is 2.23. The summed E-state index contributed by atoms with van der Waals surface area (Å²) in [7, 11) is 0. The Hall–Kier alpha value is -3.17. The lowest BCUT2D eigenvalue weighted by molar-refractivity contribution is -0.429. The van der Waals surface area contributed by atoms with Gasteiger partial charge in [0.1, 0.15) is 0 Å². The largest absolute Gasteiger partial charge is 0.464 e. The molecule has 0 aliphatic carbocycles. The van der Waals surface area contributed by atoms with Crippen molar-refractivity contribution < 1.29 is 19.4 Å². The SMILES string of the molecule is CCOC(=O)C(Nc1cccc([N+](=O)[O-])c1)/C(=C1\CCCN1)[N+](=O)[O-]. The standard InChI is InChI=1S/C15H18N4O6/c1-2-25-15(20)13(14(19(23)24)12-7-4-8-16-12)17-10-5-3-6-11(9-10)18(21)22/h3,5-6,9,13,16-17H,2,4,7-8H2,1H3/b14-12-. The van der Waals surface area contributed by atoms with Crippen LogP contribution in [0.25, 0.3) is 0 Å². The number of nitrogens with zero attached hydrogens (tertiary/aromatic N) is 2. The molecule has 1 atom stereocenters. The number of benzene rings is 1. The van der Waals surface area contributed by atoms with E-state index in [4.69, 9.17) is 4.74 Å². The van der Waals surface area contributed by atoms with Gasteiger partial charge in [0.2, 0.25) is 6.04 Å². The number of hydrogen-bond donors (Lipinski definition) is 2. The molecule has 1 aromatic carbocycles. The van der Waals surface area contributed by atoms with E-state index >= 15 is 0 Å². The molecule has 0 aromatic heterocycles. The molecule has 2 rings (SSSR count). The minimum atomic E-state index is -1.38. The Morgan fingerprint density at radius 2 is 2.16 bits per heavy atom. The van der Waals surface area contributed by atoms with Crippen molar-refractivity contribution in [2.75, 3.05) is 18.5 Å². The second-order valence-electron chi connectivity index (χ2n) is 5.29. The number of carbonyl (C=O) groups is 1. The summed E-state index contributed by atoms with van der Waals surface area (Å²) in [5, 5.41) is 28.1. The van der Waals surface area contributed by atoms with Crippen molar-refractivity contribution in [3.8, 4) is 0 Å². The molecule has 0 bridgehead atoms. The summed E-state index contributed by atoms with van der Waals surface area (Å²) in [4.78, 5) is 33.5. The first-order chi connectivity index (χ1) is 11.9. The smallest absolute Gasteiger partial charge is 0.340 e. The van der Waals surface area contributed by atoms with Crippen LogP contribution in [-0.4, -0.2) is 35.0 Å². The maximum Gasteiger partial charge on any atom is 0.340 e. The summed E-state index contributed by atoms with van der Waals surface area (Å²) < 4.78 is 4.94. The van der Waals surface area contributed by atoms with Gasteiger partial charge in [-0.3, -0.25) is 20.2 Å². The third-order valence-electron chi connectivity index (χ3n) is 3.61. The van der Waals surface area contributed by atoms with Crippen LogP contribution in [0.4, 0.5) is 11.4 Å². The molecular weight excluding hydrogens is 332 g/mol. The third kappa shape index (κ3) is 4.43. The molecule has 1 unspecified atom stereocenters. The van der Waals surface area contributed by atoms with E-state index in [9.17, 15) is 25.0 Å². The van der Waals surface area contributed by atoms with Gasteiger partial charge in [-0.1, -0.05) is 6.07 Å². The van der Waals surface area contributed by atoms with E-state index in [1.807, 2.05) is 0 Å². The van der Waals surface area contributed by atoms with Crippen LogP contribution in [0.5, 0.6) is 0 Å². The predicted molar refractivity (Wildman–Crippen MR) is 88.4 cm³/mol. The van der Waals surface area contributed by atoms with Crippen molar-refractivity contribution in [2.45, 2.75) is 25.8 Å². The van der Waals surface area contributed by atoms with Gasteiger partial charge < -0.3 is 15.4 Å². The zero-order valence-corrected chi connectivity index (χ0v) is 13.6. The van der Waals surface area contributed by atoms with Crippen LogP contribution in [0.2, 0.25) is 0 Å². The number of carbonyl (C=O) groups excluding carboxylic acids is 1. The molecule has 1 heterocycles. The second-order valence-corrected chi connectivity index (χ2v) is 5.29. The van der Waals surface area contributed by atoms with E-state index in [0.717, 1.165) is 6.42 Å². The number of rotatable bonds is 7. The van der Waals surface area contributed by atoms with Gasteiger partial charge in [0.15, 0.2) is 0 Å². The Balaban J connectivity index is 2.40. The van der Waals surface area contributed by atoms with Crippen molar-refractivity contribution >= 4 is 17.3 Å². The first-order valence-corrected chi connectivity index (χ1v) is 7.73. The van der Waals surface area contributed by atoms with Crippen molar-refractivity contribution in [1.82, 2.24) is 5.32 Å². The number of allylic oxidation sites excluding steroid dienone is 1. The van der Waals surface area contributed by atoms with E-state index in [-0.39, 0.29) is 23.7 Å². The summed E-state index contributed by atoms with van der Waals surface area (Å²) in [5.74, 6) is -0.818. The summed E-state index contributed by atoms with van der Waals surface area (Å²) >= 11 is 0. The Kier molecular flexibility index (Phi) is 5.88. The van der Waals surface area contributed by atoms with Crippen molar-refractivity contribution in [3.05, 3.63) is 55.9 Å². The maximum atomic E-state index is 12.3. The van der Waals surface area contributed by atoms with E-state index in [1.165, 1.54) is 24.3 Å². The fourth-order valence-electron chi connectivity index (χ4n) is 2.54. The van der Waals surface area contributed by atoms with Crippen molar-refractivity contribution in [2.24, 2.45) is 0 Å².